The fraction of sp³-hybridized carbons (Fsp3) is 0.0833. The van der Waals surface area contributed by atoms with E-state index in [1.165, 1.54) is 37.5 Å². The highest BCUT2D eigenvalue weighted by Crippen LogP contribution is 2.37. The Labute approximate surface area is 188 Å². The van der Waals surface area contributed by atoms with Crippen LogP contribution in [0.3, 0.4) is 0 Å². The molecule has 0 aliphatic carbocycles. The Kier molecular flexibility index (Phi) is 7.46. The second-order valence-corrected chi connectivity index (χ2v) is 7.04. The van der Waals surface area contributed by atoms with Crippen molar-refractivity contribution < 1.29 is 28.6 Å². The lowest BCUT2D eigenvalue weighted by Gasteiger charge is -2.14. The molecule has 0 atom stereocenters. The molecule has 3 rings (SSSR count). The van der Waals surface area contributed by atoms with Crippen LogP contribution in [0.5, 0.6) is 11.5 Å². The Morgan fingerprint density at radius 1 is 1.09 bits per heavy atom. The van der Waals surface area contributed by atoms with Crippen LogP contribution < -0.4 is 14.8 Å². The van der Waals surface area contributed by atoms with E-state index >= 15 is 0 Å². The van der Waals surface area contributed by atoms with Gasteiger partial charge in [-0.25, -0.2) is 9.18 Å². The van der Waals surface area contributed by atoms with E-state index in [0.717, 1.165) is 5.56 Å². The average Bonchev–Trinajstić information content (AvgIpc) is 2.79. The van der Waals surface area contributed by atoms with E-state index in [9.17, 15) is 19.1 Å². The summed E-state index contributed by atoms with van der Waals surface area (Å²) in [5, 5.41) is 12.1. The van der Waals surface area contributed by atoms with Crippen LogP contribution in [-0.4, -0.2) is 24.1 Å². The van der Waals surface area contributed by atoms with Crippen LogP contribution in [0, 0.1) is 5.82 Å². The van der Waals surface area contributed by atoms with Gasteiger partial charge in [-0.3, -0.25) is 4.79 Å². The molecule has 32 heavy (non-hydrogen) atoms. The Balaban J connectivity index is 1.83. The van der Waals surface area contributed by atoms with Crippen LogP contribution in [0.15, 0.2) is 72.4 Å². The van der Waals surface area contributed by atoms with Gasteiger partial charge in [0.25, 0.3) is 5.91 Å². The molecule has 0 spiro atoms. The molecule has 3 aromatic carbocycles. The van der Waals surface area contributed by atoms with Gasteiger partial charge in [-0.05, 0) is 53.6 Å². The second-order valence-electron chi connectivity index (χ2n) is 6.63. The lowest BCUT2D eigenvalue weighted by atomic mass is 10.1. The number of carboxylic acids is 1. The zero-order chi connectivity index (χ0) is 23.1. The minimum Gasteiger partial charge on any atom is -0.493 e. The predicted octanol–water partition coefficient (Wildman–Crippen LogP) is 4.92. The van der Waals surface area contributed by atoms with Gasteiger partial charge in [-0.1, -0.05) is 41.9 Å². The zero-order valence-corrected chi connectivity index (χ0v) is 17.7. The summed E-state index contributed by atoms with van der Waals surface area (Å²) in [7, 11) is 1.42. The fourth-order valence-electron chi connectivity index (χ4n) is 2.80. The highest BCUT2D eigenvalue weighted by Gasteiger charge is 2.16. The largest absolute Gasteiger partial charge is 0.493 e. The smallest absolute Gasteiger partial charge is 0.352 e. The summed E-state index contributed by atoms with van der Waals surface area (Å²) in [5.74, 6) is -1.71. The van der Waals surface area contributed by atoms with Crippen molar-refractivity contribution in [3.05, 3.63) is 100.0 Å². The van der Waals surface area contributed by atoms with Crippen molar-refractivity contribution >= 4 is 29.6 Å². The number of nitrogens with one attached hydrogen (secondary N) is 1. The zero-order valence-electron chi connectivity index (χ0n) is 17.0. The van der Waals surface area contributed by atoms with Crippen molar-refractivity contribution in [2.24, 2.45) is 0 Å². The molecule has 8 heteroatoms. The van der Waals surface area contributed by atoms with Crippen molar-refractivity contribution in [1.82, 2.24) is 5.32 Å². The van der Waals surface area contributed by atoms with Gasteiger partial charge < -0.3 is 19.9 Å². The van der Waals surface area contributed by atoms with Crippen molar-refractivity contribution in [1.29, 1.82) is 0 Å². The molecule has 0 saturated carbocycles. The molecule has 3 aromatic rings. The maximum absolute atomic E-state index is 13.1. The minimum absolute atomic E-state index is 0.124. The van der Waals surface area contributed by atoms with E-state index in [2.05, 4.69) is 5.32 Å². The summed E-state index contributed by atoms with van der Waals surface area (Å²) in [6.45, 7) is 0.124. The third kappa shape index (κ3) is 5.86. The highest BCUT2D eigenvalue weighted by molar-refractivity contribution is 6.32. The number of amides is 1. The summed E-state index contributed by atoms with van der Waals surface area (Å²) >= 11 is 6.34. The van der Waals surface area contributed by atoms with E-state index in [-0.39, 0.29) is 34.6 Å². The molecular formula is C24H19ClFNO5. The first-order valence-electron chi connectivity index (χ1n) is 9.43. The second kappa shape index (κ2) is 10.5. The predicted molar refractivity (Wildman–Crippen MR) is 118 cm³/mol. The van der Waals surface area contributed by atoms with E-state index in [1.807, 2.05) is 0 Å². The molecule has 1 amide bonds. The van der Waals surface area contributed by atoms with E-state index in [4.69, 9.17) is 21.1 Å². The lowest BCUT2D eigenvalue weighted by Crippen LogP contribution is -2.27. The first-order valence-corrected chi connectivity index (χ1v) is 9.81. The maximum Gasteiger partial charge on any atom is 0.352 e. The SMILES string of the molecule is COc1cc(/C=C(/NC(=O)c2ccccc2)C(=O)O)cc(Cl)c1OCc1ccc(F)cc1. The highest BCUT2D eigenvalue weighted by atomic mass is 35.5. The monoisotopic (exact) mass is 455 g/mol. The summed E-state index contributed by atoms with van der Waals surface area (Å²) in [6, 6.07) is 17.1. The molecule has 0 aliphatic heterocycles. The molecule has 0 bridgehead atoms. The van der Waals surface area contributed by atoms with Crippen molar-refractivity contribution in [2.75, 3.05) is 7.11 Å². The number of carbonyl (C=O) groups excluding carboxylic acids is 1. The maximum atomic E-state index is 13.1. The molecule has 6 nitrogen and oxygen atoms in total. The van der Waals surface area contributed by atoms with Gasteiger partial charge >= 0.3 is 5.97 Å². The van der Waals surface area contributed by atoms with Gasteiger partial charge in [0.15, 0.2) is 11.5 Å². The molecule has 164 valence electrons. The molecule has 0 aromatic heterocycles. The fourth-order valence-corrected chi connectivity index (χ4v) is 3.07. The third-order valence-electron chi connectivity index (χ3n) is 4.37. The molecule has 0 heterocycles. The van der Waals surface area contributed by atoms with Crippen molar-refractivity contribution in [3.8, 4) is 11.5 Å². The van der Waals surface area contributed by atoms with Crippen LogP contribution in [0.2, 0.25) is 5.02 Å². The lowest BCUT2D eigenvalue weighted by molar-refractivity contribution is -0.132. The number of methoxy groups -OCH3 is 1. The quantitative estimate of drug-likeness (QED) is 0.471. The Hall–Kier alpha value is -3.84. The van der Waals surface area contributed by atoms with E-state index < -0.39 is 11.9 Å². The molecule has 0 aliphatic rings. The first-order chi connectivity index (χ1) is 15.4. The molecular weight excluding hydrogens is 437 g/mol. The number of aliphatic carboxylic acids is 1. The van der Waals surface area contributed by atoms with E-state index in [1.54, 1.807) is 42.5 Å². The van der Waals surface area contributed by atoms with Gasteiger partial charge in [0, 0.05) is 5.56 Å². The van der Waals surface area contributed by atoms with Gasteiger partial charge in [-0.15, -0.1) is 0 Å². The number of rotatable bonds is 8. The summed E-state index contributed by atoms with van der Waals surface area (Å²) in [6.07, 6.45) is 1.27. The number of carbonyl (C=O) groups is 2. The molecule has 0 saturated heterocycles. The molecule has 0 radical (unpaired) electrons. The van der Waals surface area contributed by atoms with E-state index in [0.29, 0.717) is 11.1 Å². The summed E-state index contributed by atoms with van der Waals surface area (Å²) in [4.78, 5) is 24.0. The number of benzene rings is 3. The topological polar surface area (TPSA) is 84.9 Å². The van der Waals surface area contributed by atoms with Crippen LogP contribution in [0.25, 0.3) is 6.08 Å². The Bertz CT molecular complexity index is 1150. The minimum atomic E-state index is -1.32. The van der Waals surface area contributed by atoms with Gasteiger partial charge in [0.1, 0.15) is 18.1 Å². The van der Waals surface area contributed by atoms with Crippen molar-refractivity contribution in [3.63, 3.8) is 0 Å². The third-order valence-corrected chi connectivity index (χ3v) is 4.65. The Morgan fingerprint density at radius 3 is 2.41 bits per heavy atom. The standard InChI is InChI=1S/C24H19ClFNO5/c1-31-21-13-16(11-19(25)22(21)32-14-15-7-9-18(26)10-8-15)12-20(24(29)30)27-23(28)17-5-3-2-4-6-17/h2-13H,14H2,1H3,(H,27,28)(H,29,30)/b20-12+. The first kappa shape index (κ1) is 22.8. The number of ether oxygens (including phenoxy) is 2. The van der Waals surface area contributed by atoms with Crippen molar-refractivity contribution in [2.45, 2.75) is 6.61 Å². The Morgan fingerprint density at radius 2 is 1.78 bits per heavy atom. The normalized spacial score (nSPS) is 11.0. The number of hydrogen-bond donors (Lipinski definition) is 2. The van der Waals surface area contributed by atoms with Crippen LogP contribution in [-0.2, 0) is 11.4 Å². The van der Waals surface area contributed by atoms with Crippen LogP contribution in [0.4, 0.5) is 4.39 Å². The summed E-state index contributed by atoms with van der Waals surface area (Å²) in [5.41, 5.74) is 1.09. The summed E-state index contributed by atoms with van der Waals surface area (Å²) < 4.78 is 24.1. The van der Waals surface area contributed by atoms with Gasteiger partial charge in [0.05, 0.1) is 12.1 Å². The van der Waals surface area contributed by atoms with Gasteiger partial charge in [0.2, 0.25) is 0 Å². The molecule has 0 fully saturated rings. The number of halogens is 2. The number of hydrogen-bond acceptors (Lipinski definition) is 4. The number of carboxylic acid groups (broad SMARTS) is 1. The van der Waals surface area contributed by atoms with Gasteiger partial charge in [-0.2, -0.15) is 0 Å². The average molecular weight is 456 g/mol. The molecule has 2 N–H and O–H groups in total. The molecule has 0 unspecified atom stereocenters. The van der Waals surface area contributed by atoms with Crippen LogP contribution >= 0.6 is 11.6 Å². The van der Waals surface area contributed by atoms with Crippen LogP contribution in [0.1, 0.15) is 21.5 Å².